The summed E-state index contributed by atoms with van der Waals surface area (Å²) >= 11 is 0. The van der Waals surface area contributed by atoms with Crippen molar-refractivity contribution in [1.82, 2.24) is 14.9 Å². The molecule has 2 heterocycles. The summed E-state index contributed by atoms with van der Waals surface area (Å²) < 4.78 is 26.5. The number of carbonyl (C=O) groups is 1. The molecule has 3 N–H and O–H groups in total. The summed E-state index contributed by atoms with van der Waals surface area (Å²) in [5.41, 5.74) is -0.212. The van der Waals surface area contributed by atoms with Crippen molar-refractivity contribution in [1.29, 1.82) is 0 Å². The minimum atomic E-state index is -0.985. The Balaban J connectivity index is 1.77. The number of aromatic nitrogens is 2. The molecule has 0 spiro atoms. The Bertz CT molecular complexity index is 1060. The van der Waals surface area contributed by atoms with E-state index in [0.29, 0.717) is 18.5 Å². The van der Waals surface area contributed by atoms with Gasteiger partial charge in [0.05, 0.1) is 4.92 Å². The topological polar surface area (TPSA) is 134 Å². The van der Waals surface area contributed by atoms with Crippen LogP contribution in [-0.4, -0.2) is 50.1 Å². The number of carboxylic acid groups (broad SMARTS) is 1. The molecule has 0 aliphatic carbocycles. The number of hydrogen-bond acceptors (Lipinski definition) is 7. The van der Waals surface area contributed by atoms with Gasteiger partial charge in [-0.15, -0.1) is 0 Å². The van der Waals surface area contributed by atoms with E-state index in [-0.39, 0.29) is 47.9 Å². The number of benzene rings is 1. The number of hydrogen-bond donors (Lipinski definition) is 3. The molecule has 1 amide bonds. The molecule has 2 aromatic rings. The molecule has 1 fully saturated rings. The molecule has 1 aromatic carbocycles. The van der Waals surface area contributed by atoms with E-state index in [9.17, 15) is 28.8 Å². The van der Waals surface area contributed by atoms with E-state index < -0.39 is 22.7 Å². The Labute approximate surface area is 195 Å². The van der Waals surface area contributed by atoms with Crippen LogP contribution in [-0.2, 0) is 6.54 Å². The largest absolute Gasteiger partial charge is 0.465 e. The molecule has 184 valence electrons. The summed E-state index contributed by atoms with van der Waals surface area (Å²) in [6.07, 6.45) is 1.53. The van der Waals surface area contributed by atoms with Crippen molar-refractivity contribution in [3.05, 3.63) is 51.7 Å². The second-order valence-electron chi connectivity index (χ2n) is 9.36. The van der Waals surface area contributed by atoms with Crippen LogP contribution in [0.1, 0.15) is 39.2 Å². The number of nitrogens with one attached hydrogen (secondary N) is 2. The van der Waals surface area contributed by atoms with E-state index in [1.165, 1.54) is 11.0 Å². The zero-order chi connectivity index (χ0) is 25.0. The fraction of sp³-hybridized carbons (Fsp3) is 0.500. The van der Waals surface area contributed by atoms with Crippen LogP contribution in [0.3, 0.4) is 0 Å². The van der Waals surface area contributed by atoms with Crippen LogP contribution in [0.25, 0.3) is 0 Å². The van der Waals surface area contributed by atoms with Gasteiger partial charge in [-0.1, -0.05) is 26.8 Å². The van der Waals surface area contributed by atoms with Crippen LogP contribution in [0.15, 0.2) is 24.4 Å². The summed E-state index contributed by atoms with van der Waals surface area (Å²) in [6, 6.07) is 3.17. The lowest BCUT2D eigenvalue weighted by Gasteiger charge is -2.46. The predicted molar refractivity (Wildman–Crippen MR) is 122 cm³/mol. The zero-order valence-corrected chi connectivity index (χ0v) is 19.2. The molecule has 1 aliphatic heterocycles. The van der Waals surface area contributed by atoms with Crippen molar-refractivity contribution in [3.63, 3.8) is 0 Å². The van der Waals surface area contributed by atoms with Crippen molar-refractivity contribution in [3.8, 4) is 0 Å². The van der Waals surface area contributed by atoms with Gasteiger partial charge >= 0.3 is 11.8 Å². The van der Waals surface area contributed by atoms with Gasteiger partial charge in [0.1, 0.15) is 6.20 Å². The summed E-state index contributed by atoms with van der Waals surface area (Å²) in [5, 5.41) is 27.0. The van der Waals surface area contributed by atoms with E-state index in [2.05, 4.69) is 20.6 Å². The number of piperidine rings is 1. The van der Waals surface area contributed by atoms with Gasteiger partial charge < -0.3 is 20.6 Å². The molecular formula is C22H28F2N6O4. The molecule has 1 saturated heterocycles. The molecule has 0 radical (unpaired) electrons. The zero-order valence-electron chi connectivity index (χ0n) is 19.2. The molecule has 0 bridgehead atoms. The fourth-order valence-corrected chi connectivity index (χ4v) is 4.46. The van der Waals surface area contributed by atoms with Crippen LogP contribution in [0.5, 0.6) is 0 Å². The highest BCUT2D eigenvalue weighted by atomic mass is 19.2. The maximum atomic E-state index is 13.4. The predicted octanol–water partition coefficient (Wildman–Crippen LogP) is 4.49. The Morgan fingerprint density at radius 1 is 1.29 bits per heavy atom. The Morgan fingerprint density at radius 2 is 2.03 bits per heavy atom. The van der Waals surface area contributed by atoms with Crippen molar-refractivity contribution in [2.24, 2.45) is 11.3 Å². The Hall–Kier alpha value is -3.57. The van der Waals surface area contributed by atoms with Gasteiger partial charge in [0.15, 0.2) is 11.6 Å². The number of rotatable bonds is 7. The lowest BCUT2D eigenvalue weighted by atomic mass is 9.74. The molecule has 2 unspecified atom stereocenters. The van der Waals surface area contributed by atoms with Crippen LogP contribution in [0, 0.1) is 33.1 Å². The highest BCUT2D eigenvalue weighted by molar-refractivity contribution is 5.66. The lowest BCUT2D eigenvalue weighted by molar-refractivity contribution is -0.384. The number of amides is 1. The minimum Gasteiger partial charge on any atom is -0.465 e. The van der Waals surface area contributed by atoms with Gasteiger partial charge in [-0.05, 0) is 41.9 Å². The number of anilines is 2. The number of nitrogens with zero attached hydrogens (tertiary/aromatic N) is 4. The first kappa shape index (κ1) is 25.1. The molecule has 3 rings (SSSR count). The standard InChI is InChI=1S/C22H28F2N6O4/c1-22(2,3)18-14(5-4-8-29(18)21(31)32)11-25-19-17(30(33)34)12-27-20(28-19)26-10-13-6-7-15(23)16(24)9-13/h6-7,9,12,14,18H,4-5,8,10-11H2,1-3H3,(H,31,32)(H2,25,26,27,28). The first-order valence-corrected chi connectivity index (χ1v) is 10.9. The minimum absolute atomic E-state index is 0.00658. The van der Waals surface area contributed by atoms with E-state index in [1.54, 1.807) is 0 Å². The van der Waals surface area contributed by atoms with Crippen LogP contribution >= 0.6 is 0 Å². The second-order valence-corrected chi connectivity index (χ2v) is 9.36. The van der Waals surface area contributed by atoms with Gasteiger partial charge in [-0.2, -0.15) is 4.98 Å². The third-order valence-corrected chi connectivity index (χ3v) is 5.82. The first-order valence-electron chi connectivity index (χ1n) is 10.9. The SMILES string of the molecule is CC(C)(C)C1C(CNc2nc(NCc3ccc(F)c(F)c3)ncc2[N+](=O)[O-])CCCN1C(=O)O. The van der Waals surface area contributed by atoms with Crippen molar-refractivity contribution in [2.45, 2.75) is 46.2 Å². The smallest absolute Gasteiger partial charge is 0.407 e. The van der Waals surface area contributed by atoms with Gasteiger partial charge in [0, 0.05) is 25.7 Å². The summed E-state index contributed by atoms with van der Waals surface area (Å²) in [5.74, 6) is -1.96. The van der Waals surface area contributed by atoms with E-state index in [1.807, 2.05) is 20.8 Å². The normalized spacial score (nSPS) is 18.4. The molecule has 1 aliphatic rings. The van der Waals surface area contributed by atoms with Crippen LogP contribution < -0.4 is 10.6 Å². The summed E-state index contributed by atoms with van der Waals surface area (Å²) in [4.78, 5) is 32.3. The van der Waals surface area contributed by atoms with Crippen LogP contribution in [0.2, 0.25) is 0 Å². The number of likely N-dealkylation sites (tertiary alicyclic amines) is 1. The number of nitro groups is 1. The lowest BCUT2D eigenvalue weighted by Crippen LogP contribution is -2.55. The van der Waals surface area contributed by atoms with Gasteiger partial charge in [-0.3, -0.25) is 10.1 Å². The van der Waals surface area contributed by atoms with Crippen molar-refractivity contribution in [2.75, 3.05) is 23.7 Å². The molecule has 1 aromatic heterocycles. The van der Waals surface area contributed by atoms with E-state index in [0.717, 1.165) is 24.8 Å². The van der Waals surface area contributed by atoms with E-state index >= 15 is 0 Å². The molecule has 10 nitrogen and oxygen atoms in total. The van der Waals surface area contributed by atoms with Crippen molar-refractivity contribution < 1.29 is 23.6 Å². The molecular weight excluding hydrogens is 450 g/mol. The third kappa shape index (κ3) is 5.86. The molecule has 2 atom stereocenters. The van der Waals surface area contributed by atoms with Crippen LogP contribution in [0.4, 0.5) is 31.0 Å². The summed E-state index contributed by atoms with van der Waals surface area (Å²) in [6.45, 7) is 6.72. The average molecular weight is 479 g/mol. The second kappa shape index (κ2) is 10.1. The Kier molecular flexibility index (Phi) is 7.48. The third-order valence-electron chi connectivity index (χ3n) is 5.82. The maximum absolute atomic E-state index is 13.4. The van der Waals surface area contributed by atoms with Gasteiger partial charge in [-0.25, -0.2) is 18.6 Å². The monoisotopic (exact) mass is 478 g/mol. The Morgan fingerprint density at radius 3 is 2.65 bits per heavy atom. The quantitative estimate of drug-likeness (QED) is 0.391. The van der Waals surface area contributed by atoms with Crippen molar-refractivity contribution >= 4 is 23.5 Å². The molecule has 34 heavy (non-hydrogen) atoms. The molecule has 0 saturated carbocycles. The van der Waals surface area contributed by atoms with Gasteiger partial charge in [0.2, 0.25) is 11.8 Å². The maximum Gasteiger partial charge on any atom is 0.407 e. The highest BCUT2D eigenvalue weighted by Crippen LogP contribution is 2.36. The highest BCUT2D eigenvalue weighted by Gasteiger charge is 2.41. The van der Waals surface area contributed by atoms with Gasteiger partial charge in [0.25, 0.3) is 0 Å². The first-order chi connectivity index (χ1) is 16.0. The fourth-order valence-electron chi connectivity index (χ4n) is 4.46. The molecule has 12 heteroatoms. The van der Waals surface area contributed by atoms with E-state index in [4.69, 9.17) is 0 Å². The average Bonchev–Trinajstić information content (AvgIpc) is 2.77. The summed E-state index contributed by atoms with van der Waals surface area (Å²) in [7, 11) is 0. The number of halogens is 2.